The summed E-state index contributed by atoms with van der Waals surface area (Å²) < 4.78 is 12.7. The molecule has 0 amide bonds. The summed E-state index contributed by atoms with van der Waals surface area (Å²) in [6.07, 6.45) is 0.681. The van der Waals surface area contributed by atoms with Gasteiger partial charge in [0.05, 0.1) is 0 Å². The molecule has 0 fully saturated rings. The van der Waals surface area contributed by atoms with E-state index in [9.17, 15) is 4.39 Å². The molecule has 0 unspecified atom stereocenters. The maximum absolute atomic E-state index is 12.7. The van der Waals surface area contributed by atoms with Crippen LogP contribution in [0.3, 0.4) is 0 Å². The fourth-order valence-electron chi connectivity index (χ4n) is 1.32. The van der Waals surface area contributed by atoms with Gasteiger partial charge in [0.1, 0.15) is 11.6 Å². The molecule has 0 aliphatic rings. The molecule has 2 N–H and O–H groups in total. The second kappa shape index (κ2) is 4.22. The number of rotatable bonds is 2. The molecule has 16 heavy (non-hydrogen) atoms. The highest BCUT2D eigenvalue weighted by atomic mass is 19.1. The maximum Gasteiger partial charge on any atom is 0.223 e. The Kier molecular flexibility index (Phi) is 2.76. The predicted molar refractivity (Wildman–Crippen MR) is 59.0 cm³/mol. The van der Waals surface area contributed by atoms with Crippen LogP contribution in [0.15, 0.2) is 24.3 Å². The van der Waals surface area contributed by atoms with Gasteiger partial charge in [-0.05, 0) is 24.3 Å². The van der Waals surface area contributed by atoms with E-state index in [1.807, 2.05) is 6.92 Å². The standard InChI is InChI=1S/C11H11FN4/c1-2-9-14-10(16-11(13)15-9)7-3-5-8(12)6-4-7/h3-6H,2H2,1H3,(H2,13,14,15,16). The smallest absolute Gasteiger partial charge is 0.223 e. The molecule has 82 valence electrons. The number of hydrogen-bond acceptors (Lipinski definition) is 4. The topological polar surface area (TPSA) is 64.7 Å². The van der Waals surface area contributed by atoms with Gasteiger partial charge < -0.3 is 5.73 Å². The molecule has 0 spiro atoms. The molecule has 2 aromatic rings. The zero-order chi connectivity index (χ0) is 11.5. The van der Waals surface area contributed by atoms with Gasteiger partial charge >= 0.3 is 0 Å². The van der Waals surface area contributed by atoms with Gasteiger partial charge in [-0.15, -0.1) is 0 Å². The zero-order valence-corrected chi connectivity index (χ0v) is 8.81. The number of hydrogen-bond donors (Lipinski definition) is 1. The minimum absolute atomic E-state index is 0.186. The number of aromatic nitrogens is 3. The summed E-state index contributed by atoms with van der Waals surface area (Å²) in [4.78, 5) is 12.2. The number of nitrogens with zero attached hydrogens (tertiary/aromatic N) is 3. The lowest BCUT2D eigenvalue weighted by Crippen LogP contribution is -2.04. The first kappa shape index (κ1) is 10.5. The SMILES string of the molecule is CCc1nc(N)nc(-c2ccc(F)cc2)n1. The van der Waals surface area contributed by atoms with Crippen molar-refractivity contribution in [2.24, 2.45) is 0 Å². The highest BCUT2D eigenvalue weighted by Crippen LogP contribution is 2.15. The van der Waals surface area contributed by atoms with Crippen molar-refractivity contribution in [3.05, 3.63) is 35.9 Å². The molecule has 0 radical (unpaired) electrons. The largest absolute Gasteiger partial charge is 0.368 e. The van der Waals surface area contributed by atoms with E-state index < -0.39 is 0 Å². The highest BCUT2D eigenvalue weighted by Gasteiger charge is 2.05. The van der Waals surface area contributed by atoms with Crippen LogP contribution in [0.5, 0.6) is 0 Å². The van der Waals surface area contributed by atoms with E-state index in [1.54, 1.807) is 12.1 Å². The second-order valence-corrected chi connectivity index (χ2v) is 3.29. The molecule has 0 atom stereocenters. The van der Waals surface area contributed by atoms with Crippen LogP contribution in [0.4, 0.5) is 10.3 Å². The second-order valence-electron chi connectivity index (χ2n) is 3.29. The third-order valence-corrected chi connectivity index (χ3v) is 2.12. The van der Waals surface area contributed by atoms with Crippen molar-refractivity contribution in [2.75, 3.05) is 5.73 Å². The van der Waals surface area contributed by atoms with Crippen molar-refractivity contribution in [2.45, 2.75) is 13.3 Å². The molecule has 0 aliphatic heterocycles. The number of nitrogens with two attached hydrogens (primary N) is 1. The van der Waals surface area contributed by atoms with Crippen molar-refractivity contribution in [3.8, 4) is 11.4 Å². The lowest BCUT2D eigenvalue weighted by molar-refractivity contribution is 0.628. The van der Waals surface area contributed by atoms with Crippen LogP contribution < -0.4 is 5.73 Å². The molecule has 1 aromatic carbocycles. The maximum atomic E-state index is 12.7. The first-order valence-electron chi connectivity index (χ1n) is 4.95. The van der Waals surface area contributed by atoms with Gasteiger partial charge in [0.25, 0.3) is 0 Å². The molecule has 1 heterocycles. The van der Waals surface area contributed by atoms with Crippen LogP contribution in [-0.4, -0.2) is 15.0 Å². The average molecular weight is 218 g/mol. The molecule has 0 aliphatic carbocycles. The Morgan fingerprint density at radius 2 is 1.81 bits per heavy atom. The van der Waals surface area contributed by atoms with E-state index >= 15 is 0 Å². The fourth-order valence-corrected chi connectivity index (χ4v) is 1.32. The van der Waals surface area contributed by atoms with Crippen LogP contribution in [0.2, 0.25) is 0 Å². The molecule has 5 heteroatoms. The first-order valence-corrected chi connectivity index (χ1v) is 4.95. The Hall–Kier alpha value is -2.04. The van der Waals surface area contributed by atoms with Crippen molar-refractivity contribution in [1.82, 2.24) is 15.0 Å². The fraction of sp³-hybridized carbons (Fsp3) is 0.182. The minimum atomic E-state index is -0.290. The van der Waals surface area contributed by atoms with Crippen molar-refractivity contribution in [3.63, 3.8) is 0 Å². The van der Waals surface area contributed by atoms with Gasteiger partial charge in [-0.1, -0.05) is 6.92 Å². The Bertz CT molecular complexity index is 496. The van der Waals surface area contributed by atoms with Gasteiger partial charge in [-0.2, -0.15) is 9.97 Å². The van der Waals surface area contributed by atoms with Crippen molar-refractivity contribution < 1.29 is 4.39 Å². The van der Waals surface area contributed by atoms with E-state index in [2.05, 4.69) is 15.0 Å². The van der Waals surface area contributed by atoms with Crippen LogP contribution in [-0.2, 0) is 6.42 Å². The van der Waals surface area contributed by atoms with Crippen LogP contribution >= 0.6 is 0 Å². The van der Waals surface area contributed by atoms with Crippen molar-refractivity contribution in [1.29, 1.82) is 0 Å². The molecule has 0 saturated heterocycles. The van der Waals surface area contributed by atoms with Gasteiger partial charge in [0, 0.05) is 12.0 Å². The molecule has 1 aromatic heterocycles. The van der Waals surface area contributed by atoms with Crippen molar-refractivity contribution >= 4 is 5.95 Å². The van der Waals surface area contributed by atoms with E-state index in [1.165, 1.54) is 12.1 Å². The highest BCUT2D eigenvalue weighted by molar-refractivity contribution is 5.55. The summed E-state index contributed by atoms with van der Waals surface area (Å²) in [5.74, 6) is 1.00. The summed E-state index contributed by atoms with van der Waals surface area (Å²) in [6.45, 7) is 1.93. The van der Waals surface area contributed by atoms with E-state index in [0.29, 0.717) is 18.1 Å². The molecule has 0 saturated carbocycles. The Balaban J connectivity index is 2.47. The Morgan fingerprint density at radius 3 is 2.44 bits per heavy atom. The van der Waals surface area contributed by atoms with E-state index in [0.717, 1.165) is 5.56 Å². The Morgan fingerprint density at radius 1 is 1.12 bits per heavy atom. The molecular weight excluding hydrogens is 207 g/mol. The predicted octanol–water partition coefficient (Wildman–Crippen LogP) is 1.82. The number of aryl methyl sites for hydroxylation is 1. The minimum Gasteiger partial charge on any atom is -0.368 e. The van der Waals surface area contributed by atoms with E-state index in [4.69, 9.17) is 5.73 Å². The molecule has 4 nitrogen and oxygen atoms in total. The number of anilines is 1. The quantitative estimate of drug-likeness (QED) is 0.835. The summed E-state index contributed by atoms with van der Waals surface area (Å²) in [5, 5.41) is 0. The van der Waals surface area contributed by atoms with E-state index in [-0.39, 0.29) is 11.8 Å². The normalized spacial score (nSPS) is 10.4. The number of nitrogen functional groups attached to an aromatic ring is 1. The van der Waals surface area contributed by atoms with Crippen LogP contribution in [0.25, 0.3) is 11.4 Å². The van der Waals surface area contributed by atoms with Crippen LogP contribution in [0, 0.1) is 5.82 Å². The lowest BCUT2D eigenvalue weighted by atomic mass is 10.2. The number of benzene rings is 1. The number of halogens is 1. The van der Waals surface area contributed by atoms with Gasteiger partial charge in [0.2, 0.25) is 5.95 Å². The van der Waals surface area contributed by atoms with Gasteiger partial charge in [-0.3, -0.25) is 0 Å². The summed E-state index contributed by atoms with van der Waals surface area (Å²) in [6, 6.07) is 5.95. The average Bonchev–Trinajstić information content (AvgIpc) is 2.29. The van der Waals surface area contributed by atoms with Crippen LogP contribution in [0.1, 0.15) is 12.7 Å². The summed E-state index contributed by atoms with van der Waals surface area (Å²) >= 11 is 0. The third-order valence-electron chi connectivity index (χ3n) is 2.12. The lowest BCUT2D eigenvalue weighted by Gasteiger charge is -2.03. The zero-order valence-electron chi connectivity index (χ0n) is 8.81. The van der Waals surface area contributed by atoms with Gasteiger partial charge in [-0.25, -0.2) is 9.37 Å². The first-order chi connectivity index (χ1) is 7.69. The van der Waals surface area contributed by atoms with Gasteiger partial charge in [0.15, 0.2) is 5.82 Å². The molecular formula is C11H11FN4. The monoisotopic (exact) mass is 218 g/mol. The Labute approximate surface area is 92.4 Å². The summed E-state index contributed by atoms with van der Waals surface area (Å²) in [5.41, 5.74) is 6.29. The molecule has 2 rings (SSSR count). The molecule has 0 bridgehead atoms. The summed E-state index contributed by atoms with van der Waals surface area (Å²) in [7, 11) is 0. The third kappa shape index (κ3) is 2.13.